The van der Waals surface area contributed by atoms with E-state index in [2.05, 4.69) is 5.73 Å². The largest absolute Gasteiger partial charge is 0.386 e. The number of aliphatic hydroxyl groups is 5. The first-order chi connectivity index (χ1) is 23.9. The SMILES string of the molecule is NC(=O)C(Cl)(Cl)Cl.O=CC(O)(C(=O)c1ccccc1)C(O)(C(=O)c1ccccc1)C(O)(C(=O)c1ccccc1)C(O)C(O)C(=O)c1ccccc1. The number of alkyl halides is 3. The van der Waals surface area contributed by atoms with Gasteiger partial charge in [0.15, 0.2) is 17.7 Å². The van der Waals surface area contributed by atoms with Gasteiger partial charge in [0.05, 0.1) is 0 Å². The highest BCUT2D eigenvalue weighted by Gasteiger charge is 2.75. The molecule has 0 heterocycles. The Morgan fingerprint density at radius 1 is 0.569 bits per heavy atom. The summed E-state index contributed by atoms with van der Waals surface area (Å²) in [6.07, 6.45) is -6.37. The molecule has 0 aliphatic heterocycles. The number of rotatable bonds is 13. The van der Waals surface area contributed by atoms with Gasteiger partial charge in [0.25, 0.3) is 9.70 Å². The smallest absolute Gasteiger partial charge is 0.269 e. The highest BCUT2D eigenvalue weighted by molar-refractivity contribution is 6.76. The number of ketones is 4. The summed E-state index contributed by atoms with van der Waals surface area (Å²) in [4.78, 5) is 78.1. The topological polar surface area (TPSA) is 230 Å². The van der Waals surface area contributed by atoms with Crippen LogP contribution in [0.1, 0.15) is 41.4 Å². The quantitative estimate of drug-likeness (QED) is 0.0502. The Morgan fingerprint density at radius 2 is 0.882 bits per heavy atom. The fourth-order valence-corrected chi connectivity index (χ4v) is 5.02. The van der Waals surface area contributed by atoms with E-state index < -0.39 is 84.8 Å². The molecular formula is C36H30Cl3NO11. The Balaban J connectivity index is 0.000000908. The van der Waals surface area contributed by atoms with E-state index in [1.54, 1.807) is 6.07 Å². The van der Waals surface area contributed by atoms with Gasteiger partial charge in [-0.05, 0) is 0 Å². The Hall–Kier alpha value is -4.63. The zero-order chi connectivity index (χ0) is 38.2. The van der Waals surface area contributed by atoms with E-state index in [4.69, 9.17) is 34.8 Å². The van der Waals surface area contributed by atoms with Crippen molar-refractivity contribution < 1.29 is 54.3 Å². The molecule has 5 unspecified atom stereocenters. The molecular weight excluding hydrogens is 729 g/mol. The van der Waals surface area contributed by atoms with E-state index in [1.807, 2.05) is 0 Å². The number of nitrogens with two attached hydrogens (primary N) is 1. The van der Waals surface area contributed by atoms with Crippen LogP contribution in [0.15, 0.2) is 121 Å². The molecule has 0 aliphatic rings. The fraction of sp³-hybridized carbons (Fsp3) is 0.167. The van der Waals surface area contributed by atoms with Crippen LogP contribution in [0, 0.1) is 0 Å². The molecule has 0 aromatic heterocycles. The second-order valence-corrected chi connectivity index (χ2v) is 13.2. The lowest BCUT2D eigenvalue weighted by Crippen LogP contribution is -2.81. The minimum atomic E-state index is -4.25. The number of Topliss-reactive ketones (excluding diaryl/α,β-unsaturated/α-hetero) is 4. The van der Waals surface area contributed by atoms with E-state index in [0.29, 0.717) is 0 Å². The van der Waals surface area contributed by atoms with Crippen molar-refractivity contribution in [2.45, 2.75) is 32.8 Å². The molecule has 0 saturated carbocycles. The summed E-state index contributed by atoms with van der Waals surface area (Å²) in [6, 6.07) is 26.0. The monoisotopic (exact) mass is 757 g/mol. The lowest BCUT2D eigenvalue weighted by atomic mass is 9.60. The maximum Gasteiger partial charge on any atom is 0.269 e. The van der Waals surface area contributed by atoms with Crippen molar-refractivity contribution in [2.75, 3.05) is 0 Å². The fourth-order valence-electron chi connectivity index (χ4n) is 5.02. The average molecular weight is 759 g/mol. The molecule has 4 aromatic rings. The number of amides is 1. The third-order valence-electron chi connectivity index (χ3n) is 7.74. The van der Waals surface area contributed by atoms with Gasteiger partial charge in [0.1, 0.15) is 12.2 Å². The van der Waals surface area contributed by atoms with E-state index >= 15 is 0 Å². The number of carbonyl (C=O) groups is 6. The molecule has 4 aromatic carbocycles. The molecule has 0 saturated heterocycles. The highest BCUT2D eigenvalue weighted by atomic mass is 35.6. The van der Waals surface area contributed by atoms with Gasteiger partial charge < -0.3 is 31.3 Å². The van der Waals surface area contributed by atoms with Gasteiger partial charge in [-0.2, -0.15) is 0 Å². The standard InChI is InChI=1S/C34H28O10.C2H2Cl3NO/c35-21-32(42,28(38)23-15-7-2-8-16-23)34(44,30(40)25-19-11-4-12-20-25)33(43,29(39)24-17-9-3-10-18-24)31(41)27(37)26(36)22-13-5-1-6-14-22;3-2(4,5)1(6)7/h1-21,27,31,37,41-44H;(H2,6,7). The van der Waals surface area contributed by atoms with Crippen LogP contribution >= 0.6 is 34.8 Å². The zero-order valence-electron chi connectivity index (χ0n) is 26.2. The number of hydrogen-bond donors (Lipinski definition) is 6. The van der Waals surface area contributed by atoms with Crippen molar-refractivity contribution in [3.05, 3.63) is 144 Å². The normalized spacial score (nSPS) is 15.9. The molecule has 1 amide bonds. The van der Waals surface area contributed by atoms with E-state index in [1.165, 1.54) is 78.9 Å². The van der Waals surface area contributed by atoms with Crippen LogP contribution in [-0.4, -0.2) is 93.7 Å². The van der Waals surface area contributed by atoms with E-state index in [9.17, 15) is 54.3 Å². The number of carbonyl (C=O) groups excluding carboxylic acids is 6. The summed E-state index contributed by atoms with van der Waals surface area (Å²) < 4.78 is -1.94. The maximum absolute atomic E-state index is 14.2. The van der Waals surface area contributed by atoms with Gasteiger partial charge in [-0.3, -0.25) is 28.8 Å². The molecule has 12 nitrogen and oxygen atoms in total. The van der Waals surface area contributed by atoms with Gasteiger partial charge in [-0.15, -0.1) is 0 Å². The van der Waals surface area contributed by atoms with E-state index in [0.717, 1.165) is 36.4 Å². The number of benzene rings is 4. The zero-order valence-corrected chi connectivity index (χ0v) is 28.4. The van der Waals surface area contributed by atoms with Crippen molar-refractivity contribution in [3.8, 4) is 0 Å². The molecule has 0 spiro atoms. The van der Waals surface area contributed by atoms with Gasteiger partial charge in [-0.25, -0.2) is 0 Å². The number of halogens is 3. The van der Waals surface area contributed by atoms with Crippen molar-refractivity contribution in [3.63, 3.8) is 0 Å². The van der Waals surface area contributed by atoms with Crippen LogP contribution in [0.4, 0.5) is 0 Å². The molecule has 0 bridgehead atoms. The Morgan fingerprint density at radius 3 is 1.22 bits per heavy atom. The van der Waals surface area contributed by atoms with Gasteiger partial charge in [0, 0.05) is 22.3 Å². The molecule has 51 heavy (non-hydrogen) atoms. The molecule has 4 rings (SSSR count). The van der Waals surface area contributed by atoms with Crippen LogP contribution in [0.2, 0.25) is 0 Å². The molecule has 0 radical (unpaired) electrons. The first kappa shape index (κ1) is 40.8. The van der Waals surface area contributed by atoms with E-state index in [-0.39, 0.29) is 5.56 Å². The summed E-state index contributed by atoms with van der Waals surface area (Å²) in [5, 5.41) is 59.2. The lowest BCUT2D eigenvalue weighted by molar-refractivity contribution is -0.215. The van der Waals surface area contributed by atoms with Gasteiger partial charge >= 0.3 is 0 Å². The van der Waals surface area contributed by atoms with Crippen molar-refractivity contribution >= 4 is 70.1 Å². The van der Waals surface area contributed by atoms with Gasteiger partial charge in [0.2, 0.25) is 28.6 Å². The summed E-state index contributed by atoms with van der Waals surface area (Å²) in [6.45, 7) is 0. The van der Waals surface area contributed by atoms with Crippen molar-refractivity contribution in [1.82, 2.24) is 0 Å². The molecule has 0 aliphatic carbocycles. The molecule has 0 fully saturated rings. The molecule has 266 valence electrons. The second-order valence-electron chi connectivity index (χ2n) is 10.9. The van der Waals surface area contributed by atoms with Crippen LogP contribution < -0.4 is 5.73 Å². The van der Waals surface area contributed by atoms with Crippen LogP contribution in [0.3, 0.4) is 0 Å². The summed E-state index contributed by atoms with van der Waals surface area (Å²) in [7, 11) is 0. The second kappa shape index (κ2) is 16.6. The minimum Gasteiger partial charge on any atom is -0.386 e. The molecule has 5 atom stereocenters. The Bertz CT molecular complexity index is 1880. The predicted octanol–water partition coefficient (Wildman–Crippen LogP) is 2.47. The number of primary amides is 1. The minimum absolute atomic E-state index is 0.197. The summed E-state index contributed by atoms with van der Waals surface area (Å²) in [5.41, 5.74) is -9.42. The first-order valence-electron chi connectivity index (χ1n) is 14.6. The third kappa shape index (κ3) is 8.14. The maximum atomic E-state index is 14.2. The Kier molecular flexibility index (Phi) is 13.3. The lowest BCUT2D eigenvalue weighted by Gasteiger charge is -2.49. The van der Waals surface area contributed by atoms with Gasteiger partial charge in [-0.1, -0.05) is 156 Å². The predicted molar refractivity (Wildman–Crippen MR) is 186 cm³/mol. The van der Waals surface area contributed by atoms with Crippen molar-refractivity contribution in [2.24, 2.45) is 5.73 Å². The first-order valence-corrected chi connectivity index (χ1v) is 15.8. The Labute approximate surface area is 305 Å². The number of aliphatic hydroxyl groups excluding tert-OH is 2. The number of aldehydes is 1. The third-order valence-corrected chi connectivity index (χ3v) is 8.29. The summed E-state index contributed by atoms with van der Waals surface area (Å²) in [5.74, 6) is -7.29. The highest BCUT2D eigenvalue weighted by Crippen LogP contribution is 2.43. The van der Waals surface area contributed by atoms with Crippen LogP contribution in [-0.2, 0) is 9.59 Å². The summed E-state index contributed by atoms with van der Waals surface area (Å²) >= 11 is 14.8. The molecule has 7 N–H and O–H groups in total. The molecule has 15 heteroatoms. The van der Waals surface area contributed by atoms with Crippen LogP contribution in [0.25, 0.3) is 0 Å². The average Bonchev–Trinajstić information content (AvgIpc) is 3.16. The van der Waals surface area contributed by atoms with Crippen LogP contribution in [0.5, 0.6) is 0 Å². The number of hydrogen-bond acceptors (Lipinski definition) is 11. The van der Waals surface area contributed by atoms with Crippen molar-refractivity contribution in [1.29, 1.82) is 0 Å².